The van der Waals surface area contributed by atoms with Crippen molar-refractivity contribution in [3.05, 3.63) is 15.9 Å². The summed E-state index contributed by atoms with van der Waals surface area (Å²) in [7, 11) is 0. The van der Waals surface area contributed by atoms with Crippen molar-refractivity contribution in [2.45, 2.75) is 6.92 Å². The lowest BCUT2D eigenvalue weighted by atomic mass is 10.3. The van der Waals surface area contributed by atoms with Crippen molar-refractivity contribution >= 4 is 40.5 Å². The van der Waals surface area contributed by atoms with E-state index in [0.29, 0.717) is 4.73 Å². The minimum atomic E-state index is -1.38. The lowest BCUT2D eigenvalue weighted by Gasteiger charge is -2.01. The first-order valence-electron chi connectivity index (χ1n) is 4.98. The molecule has 0 saturated heterocycles. The zero-order valence-corrected chi connectivity index (χ0v) is 11.3. The Bertz CT molecular complexity index is 577. The number of rotatable bonds is 5. The molecule has 1 aromatic rings. The van der Waals surface area contributed by atoms with Crippen LogP contribution in [0.2, 0.25) is 0 Å². The van der Waals surface area contributed by atoms with Gasteiger partial charge in [-0.05, 0) is 6.92 Å². The molecule has 104 valence electrons. The Balaban J connectivity index is 3.25. The number of carbonyl (C=O) groups excluding carboxylic acids is 1. The molecular formula is C9H10ClN3O5S. The van der Waals surface area contributed by atoms with Crippen molar-refractivity contribution in [1.82, 2.24) is 4.73 Å². The number of aliphatic carboxylic acids is 1. The average molecular weight is 308 g/mol. The number of aromatic nitrogens is 1. The first-order valence-corrected chi connectivity index (χ1v) is 6.39. The molecule has 0 bridgehead atoms. The van der Waals surface area contributed by atoms with Gasteiger partial charge in [-0.1, -0.05) is 5.16 Å². The Kier molecular flexibility index (Phi) is 5.52. The number of carboxylic acids is 1. The van der Waals surface area contributed by atoms with Crippen LogP contribution in [0.5, 0.6) is 0 Å². The molecule has 0 aliphatic rings. The van der Waals surface area contributed by atoms with Crippen LogP contribution in [0.15, 0.2) is 15.5 Å². The number of hydrogen-bond acceptors (Lipinski definition) is 6. The summed E-state index contributed by atoms with van der Waals surface area (Å²) in [6.07, 6.45) is 0. The number of nitrogens with zero attached hydrogens (tertiary/aromatic N) is 3. The molecular weight excluding hydrogens is 298 g/mol. The van der Waals surface area contributed by atoms with Gasteiger partial charge in [0.1, 0.15) is 18.2 Å². The molecule has 0 radical (unpaired) electrons. The highest BCUT2D eigenvalue weighted by Gasteiger charge is 2.20. The maximum atomic E-state index is 11.0. The summed E-state index contributed by atoms with van der Waals surface area (Å²) < 4.78 is 0.446. The van der Waals surface area contributed by atoms with Crippen molar-refractivity contribution in [2.75, 3.05) is 12.5 Å². The van der Waals surface area contributed by atoms with Gasteiger partial charge in [0.05, 0.1) is 0 Å². The van der Waals surface area contributed by atoms with Gasteiger partial charge >= 0.3 is 5.97 Å². The monoisotopic (exact) mass is 307 g/mol. The summed E-state index contributed by atoms with van der Waals surface area (Å²) in [6, 6.07) is 0. The highest BCUT2D eigenvalue weighted by molar-refractivity contribution is 7.07. The fraction of sp³-hybridized carbons (Fsp3) is 0.333. The molecule has 0 atom stereocenters. The smallest absolute Gasteiger partial charge is 0.360 e. The maximum absolute atomic E-state index is 11.0. The van der Waals surface area contributed by atoms with Crippen LogP contribution in [-0.4, -0.2) is 45.1 Å². The van der Waals surface area contributed by atoms with Crippen LogP contribution in [0.1, 0.15) is 12.6 Å². The van der Waals surface area contributed by atoms with Crippen molar-refractivity contribution in [1.29, 1.82) is 0 Å². The fourth-order valence-corrected chi connectivity index (χ4v) is 1.84. The topological polar surface area (TPSA) is 113 Å². The molecule has 10 heteroatoms. The third kappa shape index (κ3) is 3.80. The van der Waals surface area contributed by atoms with Gasteiger partial charge in [-0.15, -0.1) is 22.9 Å². The SMILES string of the molecule is CCON=C(C(=O)O)c1csc(=NC(=O)CCl)n1O. The minimum absolute atomic E-state index is 0.105. The Morgan fingerprint density at radius 1 is 1.58 bits per heavy atom. The number of halogens is 1. The van der Waals surface area contributed by atoms with Crippen LogP contribution in [-0.2, 0) is 14.4 Å². The van der Waals surface area contributed by atoms with E-state index in [9.17, 15) is 14.8 Å². The molecule has 0 fully saturated rings. The fourth-order valence-electron chi connectivity index (χ4n) is 1.00. The molecule has 8 nitrogen and oxygen atoms in total. The molecule has 1 amide bonds. The largest absolute Gasteiger partial charge is 0.476 e. The van der Waals surface area contributed by atoms with E-state index >= 15 is 0 Å². The zero-order valence-electron chi connectivity index (χ0n) is 9.74. The number of amides is 1. The third-order valence-electron chi connectivity index (χ3n) is 1.75. The van der Waals surface area contributed by atoms with Gasteiger partial charge in [-0.2, -0.15) is 9.72 Å². The molecule has 0 aliphatic carbocycles. The summed E-state index contributed by atoms with van der Waals surface area (Å²) in [5.41, 5.74) is -0.646. The minimum Gasteiger partial charge on any atom is -0.476 e. The molecule has 0 saturated carbocycles. The van der Waals surface area contributed by atoms with Crippen molar-refractivity contribution in [3.8, 4) is 0 Å². The van der Waals surface area contributed by atoms with Gasteiger partial charge in [0.2, 0.25) is 10.5 Å². The number of oxime groups is 1. The Morgan fingerprint density at radius 3 is 2.79 bits per heavy atom. The van der Waals surface area contributed by atoms with E-state index in [1.807, 2.05) is 0 Å². The summed E-state index contributed by atoms with van der Waals surface area (Å²) in [6.45, 7) is 1.80. The quantitative estimate of drug-likeness (QED) is 0.351. The Labute approximate surface area is 116 Å². The number of thiazole rings is 1. The first kappa shape index (κ1) is 15.2. The highest BCUT2D eigenvalue weighted by Crippen LogP contribution is 2.04. The van der Waals surface area contributed by atoms with Crippen LogP contribution in [0.25, 0.3) is 0 Å². The van der Waals surface area contributed by atoms with Crippen LogP contribution in [0.3, 0.4) is 0 Å². The van der Waals surface area contributed by atoms with E-state index in [2.05, 4.69) is 15.0 Å². The van der Waals surface area contributed by atoms with Crippen molar-refractivity contribution < 1.29 is 24.7 Å². The van der Waals surface area contributed by atoms with Gasteiger partial charge in [0.25, 0.3) is 5.91 Å². The second kappa shape index (κ2) is 6.90. The van der Waals surface area contributed by atoms with E-state index in [-0.39, 0.29) is 23.0 Å². The molecule has 2 N–H and O–H groups in total. The number of hydrogen-bond donors (Lipinski definition) is 2. The summed E-state index contributed by atoms with van der Waals surface area (Å²) >= 11 is 6.14. The second-order valence-corrected chi connectivity index (χ2v) is 4.12. The highest BCUT2D eigenvalue weighted by atomic mass is 35.5. The van der Waals surface area contributed by atoms with Crippen LogP contribution >= 0.6 is 22.9 Å². The second-order valence-electron chi connectivity index (χ2n) is 3.02. The summed E-state index contributed by atoms with van der Waals surface area (Å²) in [5, 5.41) is 23.4. The number of carboxylic acid groups (broad SMARTS) is 1. The van der Waals surface area contributed by atoms with Gasteiger partial charge in [0, 0.05) is 5.38 Å². The predicted octanol–water partition coefficient (Wildman–Crippen LogP) is 0.278. The summed E-state index contributed by atoms with van der Waals surface area (Å²) in [4.78, 5) is 30.1. The molecule has 1 aromatic heterocycles. The zero-order chi connectivity index (χ0) is 14.4. The predicted molar refractivity (Wildman–Crippen MR) is 66.6 cm³/mol. The normalized spacial score (nSPS) is 12.5. The molecule has 0 aliphatic heterocycles. The van der Waals surface area contributed by atoms with Gasteiger partial charge in [-0.25, -0.2) is 4.79 Å². The first-order chi connectivity index (χ1) is 9.01. The van der Waals surface area contributed by atoms with Gasteiger partial charge in [0.15, 0.2) is 0 Å². The van der Waals surface area contributed by atoms with E-state index in [0.717, 1.165) is 11.3 Å². The summed E-state index contributed by atoms with van der Waals surface area (Å²) in [5.74, 6) is -2.38. The lowest BCUT2D eigenvalue weighted by molar-refractivity contribution is -0.129. The molecule has 0 aromatic carbocycles. The van der Waals surface area contributed by atoms with Gasteiger partial charge < -0.3 is 15.2 Å². The van der Waals surface area contributed by atoms with Crippen LogP contribution in [0.4, 0.5) is 0 Å². The van der Waals surface area contributed by atoms with Crippen LogP contribution in [0, 0.1) is 0 Å². The van der Waals surface area contributed by atoms with Gasteiger partial charge in [-0.3, -0.25) is 4.79 Å². The van der Waals surface area contributed by atoms with Crippen molar-refractivity contribution in [3.63, 3.8) is 0 Å². The molecule has 1 heterocycles. The average Bonchev–Trinajstić information content (AvgIpc) is 2.72. The molecule has 0 unspecified atom stereocenters. The van der Waals surface area contributed by atoms with E-state index in [1.54, 1.807) is 6.92 Å². The number of carbonyl (C=O) groups is 2. The Morgan fingerprint density at radius 2 is 2.26 bits per heavy atom. The maximum Gasteiger partial charge on any atom is 0.360 e. The lowest BCUT2D eigenvalue weighted by Crippen LogP contribution is -2.24. The van der Waals surface area contributed by atoms with E-state index < -0.39 is 17.6 Å². The molecule has 0 spiro atoms. The molecule has 19 heavy (non-hydrogen) atoms. The van der Waals surface area contributed by atoms with E-state index in [1.165, 1.54) is 5.38 Å². The standard InChI is InChI=1S/C9H10ClN3O5S/c1-2-18-12-7(8(15)16)5-4-19-9(13(5)17)11-6(14)3-10/h4,17H,2-3H2,1H3,(H,15,16). The van der Waals surface area contributed by atoms with E-state index in [4.69, 9.17) is 16.7 Å². The van der Waals surface area contributed by atoms with Crippen molar-refractivity contribution in [2.24, 2.45) is 10.1 Å². The molecule has 1 rings (SSSR count). The number of alkyl halides is 1. The Hall–Kier alpha value is -1.87. The third-order valence-corrected chi connectivity index (χ3v) is 2.79. The van der Waals surface area contributed by atoms with Crippen LogP contribution < -0.4 is 4.80 Å².